The molecule has 6 heteroatoms. The van der Waals surface area contributed by atoms with E-state index >= 15 is 0 Å². The van der Waals surface area contributed by atoms with Crippen molar-refractivity contribution in [1.82, 2.24) is 4.98 Å². The van der Waals surface area contributed by atoms with Gasteiger partial charge < -0.3 is 5.32 Å². The average Bonchev–Trinajstić information content (AvgIpc) is 2.35. The van der Waals surface area contributed by atoms with Crippen LogP contribution in [0.5, 0.6) is 0 Å². The fraction of sp³-hybridized carbons (Fsp3) is 0. The number of hydrogen-bond donors (Lipinski definition) is 1. The van der Waals surface area contributed by atoms with E-state index in [1.165, 1.54) is 0 Å². The number of benzene rings is 1. The Hall–Kier alpha value is -1.10. The SMILES string of the molecule is O=C(Nc1ncccc1Cl)c1cc(Br)ccc1Cl. The van der Waals surface area contributed by atoms with Crippen molar-refractivity contribution in [2.45, 2.75) is 0 Å². The Morgan fingerprint density at radius 1 is 1.22 bits per heavy atom. The van der Waals surface area contributed by atoms with Crippen LogP contribution in [0.3, 0.4) is 0 Å². The predicted molar refractivity (Wildman–Crippen MR) is 76.4 cm³/mol. The molecule has 0 aliphatic carbocycles. The molecular formula is C12H7BrCl2N2O. The van der Waals surface area contributed by atoms with Gasteiger partial charge in [0.25, 0.3) is 5.91 Å². The third-order valence-corrected chi connectivity index (χ3v) is 3.29. The number of pyridine rings is 1. The Kier molecular flexibility index (Phi) is 4.22. The van der Waals surface area contributed by atoms with Crippen LogP contribution in [0, 0.1) is 0 Å². The first-order chi connectivity index (χ1) is 8.58. The third-order valence-electron chi connectivity index (χ3n) is 2.16. The monoisotopic (exact) mass is 344 g/mol. The van der Waals surface area contributed by atoms with E-state index in [9.17, 15) is 4.79 Å². The van der Waals surface area contributed by atoms with Gasteiger partial charge in [0, 0.05) is 10.7 Å². The fourth-order valence-electron chi connectivity index (χ4n) is 1.32. The van der Waals surface area contributed by atoms with Crippen molar-refractivity contribution < 1.29 is 4.79 Å². The molecule has 0 spiro atoms. The van der Waals surface area contributed by atoms with E-state index in [1.807, 2.05) is 0 Å². The van der Waals surface area contributed by atoms with Crippen LogP contribution >= 0.6 is 39.1 Å². The van der Waals surface area contributed by atoms with Crippen LogP contribution in [0.4, 0.5) is 5.82 Å². The maximum atomic E-state index is 12.0. The molecular weight excluding hydrogens is 339 g/mol. The molecule has 2 aromatic rings. The minimum absolute atomic E-state index is 0.306. The summed E-state index contributed by atoms with van der Waals surface area (Å²) in [6, 6.07) is 8.36. The van der Waals surface area contributed by atoms with Crippen molar-refractivity contribution in [1.29, 1.82) is 0 Å². The molecule has 0 atom stereocenters. The van der Waals surface area contributed by atoms with Gasteiger partial charge >= 0.3 is 0 Å². The number of nitrogens with zero attached hydrogens (tertiary/aromatic N) is 1. The molecule has 0 unspecified atom stereocenters. The lowest BCUT2D eigenvalue weighted by Crippen LogP contribution is -2.13. The van der Waals surface area contributed by atoms with Crippen molar-refractivity contribution >= 4 is 50.9 Å². The second kappa shape index (κ2) is 5.69. The van der Waals surface area contributed by atoms with E-state index in [0.29, 0.717) is 21.4 Å². The summed E-state index contributed by atoms with van der Waals surface area (Å²) < 4.78 is 0.768. The lowest BCUT2D eigenvalue weighted by molar-refractivity contribution is 0.102. The molecule has 0 saturated carbocycles. The van der Waals surface area contributed by atoms with Crippen LogP contribution < -0.4 is 5.32 Å². The summed E-state index contributed by atoms with van der Waals surface area (Å²) in [7, 11) is 0. The number of nitrogens with one attached hydrogen (secondary N) is 1. The number of carbonyl (C=O) groups is 1. The number of carbonyl (C=O) groups excluding carboxylic acids is 1. The molecule has 1 aromatic carbocycles. The van der Waals surface area contributed by atoms with Crippen molar-refractivity contribution in [3.05, 3.63) is 56.6 Å². The predicted octanol–water partition coefficient (Wildman–Crippen LogP) is 4.40. The van der Waals surface area contributed by atoms with Crippen molar-refractivity contribution in [2.75, 3.05) is 5.32 Å². The molecule has 1 aromatic heterocycles. The van der Waals surface area contributed by atoms with E-state index in [-0.39, 0.29) is 5.91 Å². The van der Waals surface area contributed by atoms with Gasteiger partial charge in [-0.2, -0.15) is 0 Å². The Morgan fingerprint density at radius 3 is 2.72 bits per heavy atom. The molecule has 0 radical (unpaired) electrons. The summed E-state index contributed by atoms with van der Waals surface area (Å²) in [5.74, 6) is -0.0536. The van der Waals surface area contributed by atoms with E-state index in [4.69, 9.17) is 23.2 Å². The van der Waals surface area contributed by atoms with Gasteiger partial charge in [-0.1, -0.05) is 39.1 Å². The highest BCUT2D eigenvalue weighted by atomic mass is 79.9. The molecule has 1 N–H and O–H groups in total. The van der Waals surface area contributed by atoms with Gasteiger partial charge in [0.15, 0.2) is 5.82 Å². The highest BCUT2D eigenvalue weighted by Crippen LogP contribution is 2.23. The van der Waals surface area contributed by atoms with Gasteiger partial charge in [-0.15, -0.1) is 0 Å². The minimum atomic E-state index is -0.359. The lowest BCUT2D eigenvalue weighted by Gasteiger charge is -2.07. The first-order valence-corrected chi connectivity index (χ1v) is 6.50. The number of halogens is 3. The Morgan fingerprint density at radius 2 is 2.00 bits per heavy atom. The number of amides is 1. The maximum Gasteiger partial charge on any atom is 0.258 e. The second-order valence-corrected chi connectivity index (χ2v) is 5.14. The van der Waals surface area contributed by atoms with Crippen LogP contribution in [-0.4, -0.2) is 10.9 Å². The molecule has 92 valence electrons. The second-order valence-electron chi connectivity index (χ2n) is 3.41. The Balaban J connectivity index is 2.28. The van der Waals surface area contributed by atoms with Crippen LogP contribution in [0.1, 0.15) is 10.4 Å². The molecule has 18 heavy (non-hydrogen) atoms. The highest BCUT2D eigenvalue weighted by molar-refractivity contribution is 9.10. The zero-order chi connectivity index (χ0) is 13.1. The maximum absolute atomic E-state index is 12.0. The first kappa shape index (κ1) is 13.3. The Labute approximate surface area is 122 Å². The van der Waals surface area contributed by atoms with Gasteiger partial charge in [-0.25, -0.2) is 4.98 Å². The highest BCUT2D eigenvalue weighted by Gasteiger charge is 2.13. The van der Waals surface area contributed by atoms with Crippen LogP contribution in [0.15, 0.2) is 41.0 Å². The molecule has 0 fully saturated rings. The van der Waals surface area contributed by atoms with Gasteiger partial charge in [0.05, 0.1) is 15.6 Å². The quantitative estimate of drug-likeness (QED) is 0.876. The number of anilines is 1. The summed E-state index contributed by atoms with van der Waals surface area (Å²) in [5.41, 5.74) is 0.354. The summed E-state index contributed by atoms with van der Waals surface area (Å²) in [5, 5.41) is 3.34. The molecule has 0 saturated heterocycles. The summed E-state index contributed by atoms with van der Waals surface area (Å²) in [4.78, 5) is 16.0. The van der Waals surface area contributed by atoms with Crippen molar-refractivity contribution in [3.63, 3.8) is 0 Å². The van der Waals surface area contributed by atoms with Gasteiger partial charge in [-0.3, -0.25) is 4.79 Å². The van der Waals surface area contributed by atoms with Gasteiger partial charge in [-0.05, 0) is 30.3 Å². The van der Waals surface area contributed by atoms with Crippen LogP contribution in [-0.2, 0) is 0 Å². The standard InChI is InChI=1S/C12H7BrCl2N2O/c13-7-3-4-9(14)8(6-7)12(18)17-11-10(15)2-1-5-16-11/h1-6H,(H,16,17,18). The van der Waals surface area contributed by atoms with Crippen LogP contribution in [0.2, 0.25) is 10.0 Å². The first-order valence-electron chi connectivity index (χ1n) is 4.95. The van der Waals surface area contributed by atoms with E-state index in [0.717, 1.165) is 4.47 Å². The van der Waals surface area contributed by atoms with Gasteiger partial charge in [0.1, 0.15) is 0 Å². The zero-order valence-electron chi connectivity index (χ0n) is 8.95. The normalized spacial score (nSPS) is 10.2. The van der Waals surface area contributed by atoms with E-state index in [2.05, 4.69) is 26.2 Å². The summed E-state index contributed by atoms with van der Waals surface area (Å²) in [6.07, 6.45) is 1.55. The smallest absolute Gasteiger partial charge is 0.258 e. The largest absolute Gasteiger partial charge is 0.305 e. The topological polar surface area (TPSA) is 42.0 Å². The van der Waals surface area contributed by atoms with Crippen LogP contribution in [0.25, 0.3) is 0 Å². The minimum Gasteiger partial charge on any atom is -0.305 e. The molecule has 2 rings (SSSR count). The fourth-order valence-corrected chi connectivity index (χ4v) is 2.06. The van der Waals surface area contributed by atoms with Gasteiger partial charge in [0.2, 0.25) is 0 Å². The molecule has 1 heterocycles. The molecule has 0 bridgehead atoms. The number of rotatable bonds is 2. The molecule has 1 amide bonds. The van der Waals surface area contributed by atoms with E-state index < -0.39 is 0 Å². The van der Waals surface area contributed by atoms with Crippen molar-refractivity contribution in [3.8, 4) is 0 Å². The Bertz CT molecular complexity index is 604. The lowest BCUT2D eigenvalue weighted by atomic mass is 10.2. The molecule has 3 nitrogen and oxygen atoms in total. The average molecular weight is 346 g/mol. The molecule has 0 aliphatic heterocycles. The summed E-state index contributed by atoms with van der Waals surface area (Å²) >= 11 is 15.2. The number of hydrogen-bond acceptors (Lipinski definition) is 2. The third kappa shape index (κ3) is 3.02. The zero-order valence-corrected chi connectivity index (χ0v) is 12.1. The summed E-state index contributed by atoms with van der Waals surface area (Å²) in [6.45, 7) is 0. The number of aromatic nitrogens is 1. The van der Waals surface area contributed by atoms with E-state index in [1.54, 1.807) is 36.5 Å². The molecule has 0 aliphatic rings. The van der Waals surface area contributed by atoms with Crippen molar-refractivity contribution in [2.24, 2.45) is 0 Å².